The van der Waals surface area contributed by atoms with Gasteiger partial charge in [0.05, 0.1) is 5.56 Å². The van der Waals surface area contributed by atoms with Crippen molar-refractivity contribution < 1.29 is 9.18 Å². The molecule has 2 aromatic carbocycles. The highest BCUT2D eigenvalue weighted by Gasteiger charge is 2.16. The van der Waals surface area contributed by atoms with Crippen LogP contribution in [0, 0.1) is 19.7 Å². The summed E-state index contributed by atoms with van der Waals surface area (Å²) in [5.74, 6) is -0.493. The SMILES string of the molecule is Cc1cc(C(=O)NCc2ccccc2F)c(C)n1Cc1ccccc1. The number of benzene rings is 2. The molecule has 1 N–H and O–H groups in total. The summed E-state index contributed by atoms with van der Waals surface area (Å²) >= 11 is 0. The Hall–Kier alpha value is -2.88. The minimum absolute atomic E-state index is 0.174. The summed E-state index contributed by atoms with van der Waals surface area (Å²) in [6, 6.07) is 18.5. The fourth-order valence-electron chi connectivity index (χ4n) is 2.95. The van der Waals surface area contributed by atoms with Crippen LogP contribution in [0.2, 0.25) is 0 Å². The Morgan fingerprint density at radius 2 is 1.72 bits per heavy atom. The van der Waals surface area contributed by atoms with Crippen LogP contribution in [-0.4, -0.2) is 10.5 Å². The molecule has 25 heavy (non-hydrogen) atoms. The normalized spacial score (nSPS) is 10.7. The van der Waals surface area contributed by atoms with Crippen molar-refractivity contribution in [2.24, 2.45) is 0 Å². The predicted octanol–water partition coefficient (Wildman–Crippen LogP) is 4.22. The molecule has 0 saturated carbocycles. The van der Waals surface area contributed by atoms with Gasteiger partial charge in [-0.05, 0) is 31.5 Å². The lowest BCUT2D eigenvalue weighted by Crippen LogP contribution is -2.24. The topological polar surface area (TPSA) is 34.0 Å². The number of aryl methyl sites for hydroxylation is 1. The number of nitrogens with zero attached hydrogens (tertiary/aromatic N) is 1. The van der Waals surface area contributed by atoms with Crippen molar-refractivity contribution >= 4 is 5.91 Å². The van der Waals surface area contributed by atoms with Crippen LogP contribution in [0.5, 0.6) is 0 Å². The summed E-state index contributed by atoms with van der Waals surface area (Å²) in [6.07, 6.45) is 0. The first-order chi connectivity index (χ1) is 12.1. The maximum Gasteiger partial charge on any atom is 0.253 e. The number of nitrogens with one attached hydrogen (secondary N) is 1. The van der Waals surface area contributed by atoms with Crippen LogP contribution in [0.1, 0.15) is 32.9 Å². The highest BCUT2D eigenvalue weighted by atomic mass is 19.1. The first-order valence-electron chi connectivity index (χ1n) is 8.28. The van der Waals surface area contributed by atoms with Crippen LogP contribution < -0.4 is 5.32 Å². The van der Waals surface area contributed by atoms with E-state index in [-0.39, 0.29) is 18.3 Å². The molecule has 128 valence electrons. The number of hydrogen-bond donors (Lipinski definition) is 1. The van der Waals surface area contributed by atoms with E-state index in [1.54, 1.807) is 18.2 Å². The van der Waals surface area contributed by atoms with Crippen LogP contribution in [-0.2, 0) is 13.1 Å². The zero-order chi connectivity index (χ0) is 17.8. The standard InChI is InChI=1S/C21H21FN2O/c1-15-12-19(16(2)24(15)14-17-8-4-3-5-9-17)21(25)23-13-18-10-6-7-11-20(18)22/h3-12H,13-14H2,1-2H3,(H,23,25). The Balaban J connectivity index is 1.75. The van der Waals surface area contributed by atoms with Crippen molar-refractivity contribution in [3.05, 3.63) is 94.6 Å². The Bertz CT molecular complexity index is 884. The van der Waals surface area contributed by atoms with Gasteiger partial charge < -0.3 is 9.88 Å². The van der Waals surface area contributed by atoms with Crippen molar-refractivity contribution in [3.63, 3.8) is 0 Å². The zero-order valence-corrected chi connectivity index (χ0v) is 14.4. The van der Waals surface area contributed by atoms with Crippen LogP contribution in [0.3, 0.4) is 0 Å². The molecule has 3 rings (SSSR count). The van der Waals surface area contributed by atoms with Gasteiger partial charge in [-0.3, -0.25) is 4.79 Å². The van der Waals surface area contributed by atoms with E-state index in [4.69, 9.17) is 0 Å². The first kappa shape index (κ1) is 17.0. The molecular weight excluding hydrogens is 315 g/mol. The summed E-state index contributed by atoms with van der Waals surface area (Å²) in [4.78, 5) is 12.5. The maximum atomic E-state index is 13.7. The fraction of sp³-hybridized carbons (Fsp3) is 0.190. The third kappa shape index (κ3) is 3.79. The molecule has 1 heterocycles. The quantitative estimate of drug-likeness (QED) is 0.743. The summed E-state index contributed by atoms with van der Waals surface area (Å²) in [7, 11) is 0. The number of hydrogen-bond acceptors (Lipinski definition) is 1. The Kier molecular flexibility index (Phi) is 4.98. The third-order valence-electron chi connectivity index (χ3n) is 4.40. The molecule has 4 heteroatoms. The van der Waals surface area contributed by atoms with Gasteiger partial charge in [-0.1, -0.05) is 48.5 Å². The molecule has 1 aromatic heterocycles. The number of amides is 1. The van der Waals surface area contributed by atoms with Gasteiger partial charge in [0.1, 0.15) is 5.82 Å². The Morgan fingerprint density at radius 3 is 2.44 bits per heavy atom. The molecule has 0 fully saturated rings. The minimum Gasteiger partial charge on any atom is -0.348 e. The smallest absolute Gasteiger partial charge is 0.253 e. The van der Waals surface area contributed by atoms with Crippen molar-refractivity contribution in [1.29, 1.82) is 0 Å². The lowest BCUT2D eigenvalue weighted by Gasteiger charge is -2.10. The van der Waals surface area contributed by atoms with Crippen molar-refractivity contribution in [2.75, 3.05) is 0 Å². The molecule has 1 amide bonds. The fourth-order valence-corrected chi connectivity index (χ4v) is 2.95. The molecule has 0 atom stereocenters. The molecule has 0 radical (unpaired) electrons. The number of halogens is 1. The average molecular weight is 336 g/mol. The average Bonchev–Trinajstić information content (AvgIpc) is 2.90. The largest absolute Gasteiger partial charge is 0.348 e. The molecule has 3 aromatic rings. The Morgan fingerprint density at radius 1 is 1.04 bits per heavy atom. The van der Waals surface area contributed by atoms with Crippen LogP contribution in [0.15, 0.2) is 60.7 Å². The molecule has 0 bridgehead atoms. The molecule has 0 saturated heterocycles. The van der Waals surface area contributed by atoms with Crippen LogP contribution in [0.4, 0.5) is 4.39 Å². The van der Waals surface area contributed by atoms with E-state index in [2.05, 4.69) is 22.0 Å². The summed E-state index contributed by atoms with van der Waals surface area (Å²) < 4.78 is 15.8. The van der Waals surface area contributed by atoms with Crippen molar-refractivity contribution in [2.45, 2.75) is 26.9 Å². The van der Waals surface area contributed by atoms with Crippen molar-refractivity contribution in [3.8, 4) is 0 Å². The molecule has 0 aliphatic carbocycles. The van der Waals surface area contributed by atoms with Crippen LogP contribution >= 0.6 is 0 Å². The summed E-state index contributed by atoms with van der Waals surface area (Å²) in [5.41, 5.74) is 4.23. The molecular formula is C21H21FN2O. The van der Waals surface area contributed by atoms with E-state index in [9.17, 15) is 9.18 Å². The molecule has 0 aliphatic heterocycles. The van der Waals surface area contributed by atoms with Gasteiger partial charge >= 0.3 is 0 Å². The highest BCUT2D eigenvalue weighted by Crippen LogP contribution is 2.17. The first-order valence-corrected chi connectivity index (χ1v) is 8.28. The van der Waals surface area contributed by atoms with Gasteiger partial charge in [-0.2, -0.15) is 0 Å². The van der Waals surface area contributed by atoms with E-state index in [1.807, 2.05) is 38.1 Å². The lowest BCUT2D eigenvalue weighted by molar-refractivity contribution is 0.0950. The van der Waals surface area contributed by atoms with E-state index in [0.29, 0.717) is 11.1 Å². The summed E-state index contributed by atoms with van der Waals surface area (Å²) in [5, 5.41) is 2.81. The highest BCUT2D eigenvalue weighted by molar-refractivity contribution is 5.95. The second-order valence-electron chi connectivity index (χ2n) is 6.13. The monoisotopic (exact) mass is 336 g/mol. The van der Waals surface area contributed by atoms with Gasteiger partial charge in [-0.15, -0.1) is 0 Å². The maximum absolute atomic E-state index is 13.7. The van der Waals surface area contributed by atoms with Gasteiger partial charge in [-0.25, -0.2) is 4.39 Å². The molecule has 3 nitrogen and oxygen atoms in total. The second-order valence-corrected chi connectivity index (χ2v) is 6.13. The van der Waals surface area contributed by atoms with Crippen LogP contribution in [0.25, 0.3) is 0 Å². The van der Waals surface area contributed by atoms with E-state index in [0.717, 1.165) is 17.9 Å². The lowest BCUT2D eigenvalue weighted by atomic mass is 10.2. The number of carbonyl (C=O) groups is 1. The third-order valence-corrected chi connectivity index (χ3v) is 4.40. The number of carbonyl (C=O) groups excluding carboxylic acids is 1. The summed E-state index contributed by atoms with van der Waals surface area (Å²) in [6.45, 7) is 4.82. The number of rotatable bonds is 5. The van der Waals surface area contributed by atoms with Gasteiger partial charge in [0.15, 0.2) is 0 Å². The van der Waals surface area contributed by atoms with Gasteiger partial charge in [0.25, 0.3) is 5.91 Å². The van der Waals surface area contributed by atoms with E-state index >= 15 is 0 Å². The number of aromatic nitrogens is 1. The minimum atomic E-state index is -0.308. The zero-order valence-electron chi connectivity index (χ0n) is 14.4. The van der Waals surface area contributed by atoms with E-state index < -0.39 is 0 Å². The second kappa shape index (κ2) is 7.34. The molecule has 0 spiro atoms. The van der Waals surface area contributed by atoms with Crippen molar-refractivity contribution in [1.82, 2.24) is 9.88 Å². The Labute approximate surface area is 147 Å². The predicted molar refractivity (Wildman–Crippen MR) is 97.0 cm³/mol. The van der Waals surface area contributed by atoms with Gasteiger partial charge in [0.2, 0.25) is 0 Å². The van der Waals surface area contributed by atoms with E-state index in [1.165, 1.54) is 11.6 Å². The molecule has 0 unspecified atom stereocenters. The molecule has 0 aliphatic rings. The van der Waals surface area contributed by atoms with Gasteiger partial charge in [0, 0.05) is 30.0 Å².